The summed E-state index contributed by atoms with van der Waals surface area (Å²) in [5.74, 6) is 0.356. The minimum Gasteiger partial charge on any atom is -0.372 e. The Hall–Kier alpha value is -2.50. The number of nitrogens with one attached hydrogen (secondary N) is 2. The molecular weight excluding hydrogens is 242 g/mol. The monoisotopic (exact) mass is 257 g/mol. The number of anilines is 1. The van der Waals surface area contributed by atoms with Crippen LogP contribution in [-0.4, -0.2) is 27.9 Å². The van der Waals surface area contributed by atoms with Gasteiger partial charge in [-0.05, 0) is 19.1 Å². The van der Waals surface area contributed by atoms with Crippen molar-refractivity contribution >= 4 is 11.7 Å². The molecule has 19 heavy (non-hydrogen) atoms. The van der Waals surface area contributed by atoms with Crippen molar-refractivity contribution in [2.24, 2.45) is 0 Å². The Morgan fingerprint density at radius 2 is 2.11 bits per heavy atom. The highest BCUT2D eigenvalue weighted by molar-refractivity contribution is 5.98. The Bertz CT molecular complexity index is 568. The summed E-state index contributed by atoms with van der Waals surface area (Å²) in [6.07, 6.45) is 4.95. The van der Waals surface area contributed by atoms with E-state index in [0.717, 1.165) is 5.69 Å². The molecule has 0 aliphatic carbocycles. The summed E-state index contributed by atoms with van der Waals surface area (Å²) in [5.41, 5.74) is 2.07. The summed E-state index contributed by atoms with van der Waals surface area (Å²) in [5, 5.41) is 5.67. The van der Waals surface area contributed by atoms with Gasteiger partial charge < -0.3 is 10.6 Å². The van der Waals surface area contributed by atoms with Gasteiger partial charge in [0.15, 0.2) is 0 Å². The normalized spacial score (nSPS) is 10.0. The Kier molecular flexibility index (Phi) is 4.02. The molecule has 98 valence electrons. The fourth-order valence-electron chi connectivity index (χ4n) is 1.56. The average molecular weight is 257 g/mol. The summed E-state index contributed by atoms with van der Waals surface area (Å²) in [6.45, 7) is 2.20. The molecule has 2 heterocycles. The number of aromatic nitrogens is 3. The van der Waals surface area contributed by atoms with E-state index in [9.17, 15) is 4.79 Å². The van der Waals surface area contributed by atoms with Gasteiger partial charge in [0.05, 0.1) is 29.7 Å². The fraction of sp³-hybridized carbons (Fsp3) is 0.231. The van der Waals surface area contributed by atoms with Crippen molar-refractivity contribution in [2.45, 2.75) is 13.5 Å². The van der Waals surface area contributed by atoms with Crippen LogP contribution in [0.3, 0.4) is 0 Å². The van der Waals surface area contributed by atoms with Crippen molar-refractivity contribution in [1.82, 2.24) is 20.3 Å². The van der Waals surface area contributed by atoms with Crippen LogP contribution >= 0.6 is 0 Å². The van der Waals surface area contributed by atoms with E-state index in [2.05, 4.69) is 25.6 Å². The Morgan fingerprint density at radius 3 is 2.79 bits per heavy atom. The molecule has 0 aliphatic rings. The molecule has 0 aliphatic heterocycles. The van der Waals surface area contributed by atoms with Gasteiger partial charge in [0, 0.05) is 19.4 Å². The summed E-state index contributed by atoms with van der Waals surface area (Å²) in [6, 6.07) is 3.44. The number of nitrogens with zero attached hydrogens (tertiary/aromatic N) is 3. The molecular formula is C13H15N5O. The lowest BCUT2D eigenvalue weighted by molar-refractivity contribution is 0.0951. The second-order valence-electron chi connectivity index (χ2n) is 3.98. The molecule has 2 aromatic heterocycles. The van der Waals surface area contributed by atoms with Gasteiger partial charge in [0.2, 0.25) is 0 Å². The van der Waals surface area contributed by atoms with Crippen molar-refractivity contribution in [3.8, 4) is 0 Å². The third kappa shape index (κ3) is 3.25. The zero-order valence-electron chi connectivity index (χ0n) is 10.8. The van der Waals surface area contributed by atoms with E-state index in [1.165, 1.54) is 0 Å². The molecule has 0 spiro atoms. The number of carbonyl (C=O) groups is 1. The van der Waals surface area contributed by atoms with Crippen LogP contribution < -0.4 is 10.6 Å². The van der Waals surface area contributed by atoms with Crippen molar-refractivity contribution in [1.29, 1.82) is 0 Å². The van der Waals surface area contributed by atoms with Crippen LogP contribution in [0.5, 0.6) is 0 Å². The Balaban J connectivity index is 2.03. The number of aryl methyl sites for hydroxylation is 1. The lowest BCUT2D eigenvalue weighted by Crippen LogP contribution is -2.24. The highest BCUT2D eigenvalue weighted by atomic mass is 16.1. The highest BCUT2D eigenvalue weighted by Gasteiger charge is 2.10. The van der Waals surface area contributed by atoms with Gasteiger partial charge in [-0.1, -0.05) is 0 Å². The first kappa shape index (κ1) is 12.9. The second-order valence-corrected chi connectivity index (χ2v) is 3.98. The number of amides is 1. The van der Waals surface area contributed by atoms with Gasteiger partial charge in [-0.2, -0.15) is 0 Å². The maximum Gasteiger partial charge on any atom is 0.255 e. The first-order valence-corrected chi connectivity index (χ1v) is 5.89. The topological polar surface area (TPSA) is 79.8 Å². The molecule has 0 saturated heterocycles. The molecule has 0 aromatic carbocycles. The number of hydrogen-bond donors (Lipinski definition) is 2. The predicted molar refractivity (Wildman–Crippen MR) is 71.7 cm³/mol. The minimum atomic E-state index is -0.195. The van der Waals surface area contributed by atoms with Crippen LogP contribution in [-0.2, 0) is 6.54 Å². The van der Waals surface area contributed by atoms with Crippen LogP contribution in [0, 0.1) is 6.92 Å². The quantitative estimate of drug-likeness (QED) is 0.859. The van der Waals surface area contributed by atoms with Crippen LogP contribution in [0.15, 0.2) is 30.7 Å². The molecule has 0 radical (unpaired) electrons. The predicted octanol–water partition coefficient (Wildman–Crippen LogP) is 1.15. The van der Waals surface area contributed by atoms with Crippen molar-refractivity contribution in [3.63, 3.8) is 0 Å². The molecule has 0 bridgehead atoms. The largest absolute Gasteiger partial charge is 0.372 e. The van der Waals surface area contributed by atoms with Crippen LogP contribution in [0.25, 0.3) is 0 Å². The van der Waals surface area contributed by atoms with Crippen molar-refractivity contribution in [2.75, 3.05) is 12.4 Å². The van der Waals surface area contributed by atoms with Crippen LogP contribution in [0.4, 0.5) is 5.82 Å². The van der Waals surface area contributed by atoms with E-state index in [0.29, 0.717) is 23.6 Å². The first-order valence-electron chi connectivity index (χ1n) is 5.89. The third-order valence-electron chi connectivity index (χ3n) is 2.55. The first-order chi connectivity index (χ1) is 9.20. The summed E-state index contributed by atoms with van der Waals surface area (Å²) in [4.78, 5) is 24.4. The second kappa shape index (κ2) is 5.90. The van der Waals surface area contributed by atoms with E-state index in [4.69, 9.17) is 0 Å². The lowest BCUT2D eigenvalue weighted by Gasteiger charge is -2.08. The molecule has 2 aromatic rings. The molecule has 0 atom stereocenters. The van der Waals surface area contributed by atoms with E-state index in [-0.39, 0.29) is 5.91 Å². The minimum absolute atomic E-state index is 0.195. The van der Waals surface area contributed by atoms with Gasteiger partial charge >= 0.3 is 0 Å². The maximum absolute atomic E-state index is 12.0. The lowest BCUT2D eigenvalue weighted by atomic mass is 10.2. The van der Waals surface area contributed by atoms with Crippen LogP contribution in [0.2, 0.25) is 0 Å². The summed E-state index contributed by atoms with van der Waals surface area (Å²) in [7, 11) is 1.73. The van der Waals surface area contributed by atoms with Gasteiger partial charge in [-0.15, -0.1) is 0 Å². The van der Waals surface area contributed by atoms with E-state index in [1.54, 1.807) is 37.8 Å². The zero-order chi connectivity index (χ0) is 13.7. The molecule has 6 nitrogen and oxygen atoms in total. The van der Waals surface area contributed by atoms with Crippen molar-refractivity contribution < 1.29 is 4.79 Å². The zero-order valence-corrected chi connectivity index (χ0v) is 10.8. The van der Waals surface area contributed by atoms with Crippen molar-refractivity contribution in [3.05, 3.63) is 47.7 Å². The van der Waals surface area contributed by atoms with E-state index < -0.39 is 0 Å². The van der Waals surface area contributed by atoms with Gasteiger partial charge in [-0.25, -0.2) is 4.98 Å². The number of rotatable bonds is 4. The molecule has 0 saturated carbocycles. The Labute approximate surface area is 111 Å². The van der Waals surface area contributed by atoms with Crippen LogP contribution in [0.1, 0.15) is 21.7 Å². The number of pyridine rings is 1. The highest BCUT2D eigenvalue weighted by Crippen LogP contribution is 2.10. The SMILES string of the molecule is CNc1ncccc1C(=O)NCc1cnc(C)cn1. The summed E-state index contributed by atoms with van der Waals surface area (Å²) < 4.78 is 0. The number of hydrogen-bond acceptors (Lipinski definition) is 5. The molecule has 2 rings (SSSR count). The van der Waals surface area contributed by atoms with Gasteiger partial charge in [0.1, 0.15) is 5.82 Å². The number of carbonyl (C=O) groups excluding carboxylic acids is 1. The Morgan fingerprint density at radius 1 is 1.26 bits per heavy atom. The van der Waals surface area contributed by atoms with E-state index in [1.807, 2.05) is 6.92 Å². The van der Waals surface area contributed by atoms with Gasteiger partial charge in [0.25, 0.3) is 5.91 Å². The molecule has 6 heteroatoms. The fourth-order valence-corrected chi connectivity index (χ4v) is 1.56. The maximum atomic E-state index is 12.0. The third-order valence-corrected chi connectivity index (χ3v) is 2.55. The molecule has 0 unspecified atom stereocenters. The molecule has 1 amide bonds. The van der Waals surface area contributed by atoms with E-state index >= 15 is 0 Å². The average Bonchev–Trinajstić information content (AvgIpc) is 2.46. The molecule has 2 N–H and O–H groups in total. The summed E-state index contributed by atoms with van der Waals surface area (Å²) >= 11 is 0. The smallest absolute Gasteiger partial charge is 0.255 e. The molecule has 0 fully saturated rings. The van der Waals surface area contributed by atoms with Gasteiger partial charge in [-0.3, -0.25) is 14.8 Å². The standard InChI is InChI=1S/C13H15N5O/c1-9-6-17-10(7-16-9)8-18-13(19)11-4-3-5-15-12(11)14-2/h3-7H,8H2,1-2H3,(H,14,15)(H,18,19).